The third-order valence-corrected chi connectivity index (χ3v) is 5.41. The van der Waals surface area contributed by atoms with Gasteiger partial charge in [-0.25, -0.2) is 8.42 Å². The number of nitrogens with zero attached hydrogens (tertiary/aromatic N) is 1. The van der Waals surface area contributed by atoms with Gasteiger partial charge in [0, 0.05) is 13.6 Å². The third-order valence-electron chi connectivity index (χ3n) is 1.83. The van der Waals surface area contributed by atoms with Gasteiger partial charge in [0.15, 0.2) is 0 Å². The fraction of sp³-hybridized carbons (Fsp3) is 0.500. The van der Waals surface area contributed by atoms with Crippen molar-refractivity contribution in [3.63, 3.8) is 0 Å². The third kappa shape index (κ3) is 3.09. The molecule has 0 aliphatic rings. The molecule has 0 saturated carbocycles. The van der Waals surface area contributed by atoms with Crippen LogP contribution < -0.4 is 0 Å². The first-order valence-electron chi connectivity index (χ1n) is 4.34. The van der Waals surface area contributed by atoms with Crippen molar-refractivity contribution >= 4 is 44.6 Å². The second kappa shape index (κ2) is 5.20. The molecule has 1 atom stereocenters. The van der Waals surface area contributed by atoms with Crippen molar-refractivity contribution in [2.45, 2.75) is 17.9 Å². The number of aliphatic hydroxyl groups is 1. The lowest BCUT2D eigenvalue weighted by Crippen LogP contribution is -2.33. The van der Waals surface area contributed by atoms with E-state index in [0.29, 0.717) is 4.34 Å². The highest BCUT2D eigenvalue weighted by molar-refractivity contribution is 7.89. The topological polar surface area (TPSA) is 57.6 Å². The maximum absolute atomic E-state index is 12.0. The maximum Gasteiger partial charge on any atom is 0.245 e. The average molecular weight is 304 g/mol. The number of sulfonamides is 1. The van der Waals surface area contributed by atoms with Crippen LogP contribution >= 0.6 is 34.5 Å². The van der Waals surface area contributed by atoms with Crippen LogP contribution in [0.3, 0.4) is 0 Å². The van der Waals surface area contributed by atoms with Gasteiger partial charge in [-0.3, -0.25) is 0 Å². The van der Waals surface area contributed by atoms with Crippen molar-refractivity contribution in [2.24, 2.45) is 0 Å². The Morgan fingerprint density at radius 3 is 2.50 bits per heavy atom. The van der Waals surface area contributed by atoms with E-state index in [1.165, 1.54) is 20.0 Å². The molecule has 0 saturated heterocycles. The van der Waals surface area contributed by atoms with Crippen LogP contribution in [0.5, 0.6) is 0 Å². The van der Waals surface area contributed by atoms with E-state index in [4.69, 9.17) is 28.3 Å². The Balaban J connectivity index is 3.07. The van der Waals surface area contributed by atoms with Crippen LogP contribution in [0, 0.1) is 0 Å². The summed E-state index contributed by atoms with van der Waals surface area (Å²) in [5, 5.41) is 9.14. The molecule has 0 aliphatic heterocycles. The molecule has 0 amide bonds. The lowest BCUT2D eigenvalue weighted by Gasteiger charge is -2.17. The number of thiophene rings is 1. The Morgan fingerprint density at radius 2 is 2.12 bits per heavy atom. The Kier molecular flexibility index (Phi) is 4.62. The number of halogens is 2. The van der Waals surface area contributed by atoms with Gasteiger partial charge >= 0.3 is 0 Å². The quantitative estimate of drug-likeness (QED) is 0.926. The molecule has 0 bridgehead atoms. The Hall–Kier alpha value is 0.150. The molecule has 0 spiro atoms. The molecule has 0 aromatic carbocycles. The van der Waals surface area contributed by atoms with E-state index in [-0.39, 0.29) is 15.8 Å². The molecule has 16 heavy (non-hydrogen) atoms. The van der Waals surface area contributed by atoms with Gasteiger partial charge in [-0.15, -0.1) is 11.3 Å². The summed E-state index contributed by atoms with van der Waals surface area (Å²) in [6.07, 6.45) is -0.743. The van der Waals surface area contributed by atoms with Gasteiger partial charge in [-0.05, 0) is 13.0 Å². The Labute approximate surface area is 108 Å². The number of rotatable bonds is 4. The molecule has 8 heteroatoms. The van der Waals surface area contributed by atoms with E-state index < -0.39 is 16.1 Å². The zero-order valence-electron chi connectivity index (χ0n) is 8.65. The summed E-state index contributed by atoms with van der Waals surface area (Å²) >= 11 is 12.5. The molecule has 1 heterocycles. The standard InChI is InChI=1S/C8H11Cl2NO3S2/c1-5(12)4-11(2)16(13,14)6-3-7(9)15-8(6)10/h3,5,12H,4H2,1-2H3. The normalized spacial score (nSPS) is 14.4. The van der Waals surface area contributed by atoms with Gasteiger partial charge in [-0.2, -0.15) is 4.31 Å². The average Bonchev–Trinajstić information content (AvgIpc) is 2.44. The lowest BCUT2D eigenvalue weighted by atomic mass is 10.4. The van der Waals surface area contributed by atoms with Crippen molar-refractivity contribution in [3.05, 3.63) is 14.7 Å². The number of hydrogen-bond donors (Lipinski definition) is 1. The Morgan fingerprint density at radius 1 is 1.56 bits per heavy atom. The number of likely N-dealkylation sites (N-methyl/N-ethyl adjacent to an activating group) is 1. The molecule has 1 N–H and O–H groups in total. The van der Waals surface area contributed by atoms with Crippen LogP contribution in [0.15, 0.2) is 11.0 Å². The molecule has 0 radical (unpaired) electrons. The smallest absolute Gasteiger partial charge is 0.245 e. The minimum absolute atomic E-state index is 0.00608. The predicted molar refractivity (Wildman–Crippen MR) is 65.8 cm³/mol. The van der Waals surface area contributed by atoms with Crippen molar-refractivity contribution in [1.29, 1.82) is 0 Å². The molecule has 0 fully saturated rings. The zero-order valence-corrected chi connectivity index (χ0v) is 11.8. The number of aliphatic hydroxyl groups excluding tert-OH is 1. The molecule has 1 unspecified atom stereocenters. The summed E-state index contributed by atoms with van der Waals surface area (Å²) in [7, 11) is -2.30. The fourth-order valence-corrected chi connectivity index (χ4v) is 4.50. The van der Waals surface area contributed by atoms with Crippen molar-refractivity contribution in [1.82, 2.24) is 4.31 Å². The van der Waals surface area contributed by atoms with Gasteiger partial charge in [-0.1, -0.05) is 23.2 Å². The second-order valence-electron chi connectivity index (χ2n) is 3.32. The first kappa shape index (κ1) is 14.2. The van der Waals surface area contributed by atoms with Gasteiger partial charge < -0.3 is 5.11 Å². The van der Waals surface area contributed by atoms with E-state index in [9.17, 15) is 8.42 Å². The van der Waals surface area contributed by atoms with E-state index in [0.717, 1.165) is 15.6 Å². The summed E-state index contributed by atoms with van der Waals surface area (Å²) in [6.45, 7) is 1.51. The molecule has 92 valence electrons. The summed E-state index contributed by atoms with van der Waals surface area (Å²) in [5.41, 5.74) is 0. The first-order chi connectivity index (χ1) is 7.25. The van der Waals surface area contributed by atoms with E-state index in [1.54, 1.807) is 0 Å². The summed E-state index contributed by atoms with van der Waals surface area (Å²) < 4.78 is 25.4. The molecule has 0 aliphatic carbocycles. The predicted octanol–water partition coefficient (Wildman–Crippen LogP) is 2.06. The largest absolute Gasteiger partial charge is 0.392 e. The molecule has 1 aromatic rings. The Bertz CT molecular complexity index is 470. The maximum atomic E-state index is 12.0. The van der Waals surface area contributed by atoms with Gasteiger partial charge in [0.2, 0.25) is 10.0 Å². The molecule has 1 aromatic heterocycles. The van der Waals surface area contributed by atoms with Gasteiger partial charge in [0.25, 0.3) is 0 Å². The minimum Gasteiger partial charge on any atom is -0.392 e. The molecule has 1 rings (SSSR count). The highest BCUT2D eigenvalue weighted by Gasteiger charge is 2.26. The summed E-state index contributed by atoms with van der Waals surface area (Å²) in [5.74, 6) is 0. The van der Waals surface area contributed by atoms with Gasteiger partial charge in [0.05, 0.1) is 10.4 Å². The van der Waals surface area contributed by atoms with E-state index in [1.807, 2.05) is 0 Å². The summed E-state index contributed by atoms with van der Waals surface area (Å²) in [4.78, 5) is -0.0210. The van der Waals surface area contributed by atoms with Crippen molar-refractivity contribution < 1.29 is 13.5 Å². The fourth-order valence-electron chi connectivity index (χ4n) is 1.14. The van der Waals surface area contributed by atoms with E-state index >= 15 is 0 Å². The highest BCUT2D eigenvalue weighted by atomic mass is 35.5. The van der Waals surface area contributed by atoms with E-state index in [2.05, 4.69) is 0 Å². The molecule has 4 nitrogen and oxygen atoms in total. The minimum atomic E-state index is -3.68. The van der Waals surface area contributed by atoms with Crippen LogP contribution in [0.4, 0.5) is 0 Å². The van der Waals surface area contributed by atoms with Gasteiger partial charge in [0.1, 0.15) is 9.23 Å². The SMILES string of the molecule is CC(O)CN(C)S(=O)(=O)c1cc(Cl)sc1Cl. The second-order valence-corrected chi connectivity index (χ2v) is 7.62. The van der Waals surface area contributed by atoms with Crippen LogP contribution in [0.25, 0.3) is 0 Å². The summed E-state index contributed by atoms with van der Waals surface area (Å²) in [6, 6.07) is 1.31. The zero-order chi connectivity index (χ0) is 12.5. The highest BCUT2D eigenvalue weighted by Crippen LogP contribution is 2.35. The van der Waals surface area contributed by atoms with Crippen molar-refractivity contribution in [2.75, 3.05) is 13.6 Å². The van der Waals surface area contributed by atoms with Crippen LogP contribution in [0.2, 0.25) is 8.67 Å². The first-order valence-corrected chi connectivity index (χ1v) is 7.35. The van der Waals surface area contributed by atoms with Crippen molar-refractivity contribution in [3.8, 4) is 0 Å². The van der Waals surface area contributed by atoms with Crippen LogP contribution in [-0.4, -0.2) is 37.5 Å². The lowest BCUT2D eigenvalue weighted by molar-refractivity contribution is 0.171. The monoisotopic (exact) mass is 303 g/mol. The molecular formula is C8H11Cl2NO3S2. The number of hydrogen-bond acceptors (Lipinski definition) is 4. The van der Waals surface area contributed by atoms with Crippen LogP contribution in [0.1, 0.15) is 6.92 Å². The molecular weight excluding hydrogens is 293 g/mol. The van der Waals surface area contributed by atoms with Crippen LogP contribution in [-0.2, 0) is 10.0 Å².